The van der Waals surface area contributed by atoms with Crippen molar-refractivity contribution in [3.05, 3.63) is 44.9 Å². The zero-order chi connectivity index (χ0) is 13.3. The summed E-state index contributed by atoms with van der Waals surface area (Å²) in [5.74, 6) is 0.603. The van der Waals surface area contributed by atoms with Crippen molar-refractivity contribution in [1.82, 2.24) is 0 Å². The standard InChI is InChI=1S/C13H9ClN2OS/c1-7-11(8-2-4-9(14)5-3-8)17-13(16)10(6-15)12(7)18/h2-5H,16H2,1H3. The molecule has 0 aliphatic rings. The van der Waals surface area contributed by atoms with Gasteiger partial charge in [0, 0.05) is 16.1 Å². The van der Waals surface area contributed by atoms with Gasteiger partial charge in [0.05, 0.1) is 4.51 Å². The lowest BCUT2D eigenvalue weighted by Crippen LogP contribution is -1.96. The average Bonchev–Trinajstić information content (AvgIpc) is 2.36. The third-order valence-corrected chi connectivity index (χ3v) is 3.35. The highest BCUT2D eigenvalue weighted by Gasteiger charge is 2.13. The van der Waals surface area contributed by atoms with Crippen LogP contribution in [0.3, 0.4) is 0 Å². The van der Waals surface area contributed by atoms with Gasteiger partial charge in [0.1, 0.15) is 17.4 Å². The molecule has 0 aliphatic carbocycles. The molecule has 1 aromatic carbocycles. The monoisotopic (exact) mass is 276 g/mol. The largest absolute Gasteiger partial charge is 0.439 e. The lowest BCUT2D eigenvalue weighted by Gasteiger charge is -2.08. The van der Waals surface area contributed by atoms with E-state index in [1.807, 2.05) is 18.2 Å². The second kappa shape index (κ2) is 4.81. The van der Waals surface area contributed by atoms with Crippen molar-refractivity contribution in [3.63, 3.8) is 0 Å². The van der Waals surface area contributed by atoms with E-state index in [0.29, 0.717) is 15.3 Å². The molecule has 0 spiro atoms. The van der Waals surface area contributed by atoms with Gasteiger partial charge in [-0.2, -0.15) is 5.26 Å². The number of nitrogens with zero attached hydrogens (tertiary/aromatic N) is 1. The lowest BCUT2D eigenvalue weighted by atomic mass is 10.1. The first-order valence-electron chi connectivity index (χ1n) is 5.14. The van der Waals surface area contributed by atoms with Crippen LogP contribution in [0.2, 0.25) is 5.02 Å². The molecule has 0 saturated carbocycles. The van der Waals surface area contributed by atoms with E-state index in [9.17, 15) is 0 Å². The Morgan fingerprint density at radius 2 is 1.94 bits per heavy atom. The maximum atomic E-state index is 8.95. The first-order valence-corrected chi connectivity index (χ1v) is 5.92. The highest BCUT2D eigenvalue weighted by Crippen LogP contribution is 2.30. The summed E-state index contributed by atoms with van der Waals surface area (Å²) in [5.41, 5.74) is 7.43. The molecule has 5 heteroatoms. The summed E-state index contributed by atoms with van der Waals surface area (Å²) < 4.78 is 5.90. The van der Waals surface area contributed by atoms with Gasteiger partial charge in [-0.05, 0) is 31.2 Å². The van der Waals surface area contributed by atoms with E-state index < -0.39 is 0 Å². The Hall–Kier alpha value is -1.83. The Labute approximate surface area is 114 Å². The van der Waals surface area contributed by atoms with Crippen molar-refractivity contribution >= 4 is 29.7 Å². The molecule has 1 aromatic heterocycles. The topological polar surface area (TPSA) is 62.9 Å². The summed E-state index contributed by atoms with van der Waals surface area (Å²) in [6.45, 7) is 1.80. The summed E-state index contributed by atoms with van der Waals surface area (Å²) in [7, 11) is 0. The number of anilines is 1. The van der Waals surface area contributed by atoms with Crippen molar-refractivity contribution in [3.8, 4) is 17.4 Å². The molecule has 2 rings (SSSR count). The quantitative estimate of drug-likeness (QED) is 0.797. The average molecular weight is 277 g/mol. The molecule has 0 aliphatic heterocycles. The minimum absolute atomic E-state index is 0.0399. The van der Waals surface area contributed by atoms with Crippen molar-refractivity contribution in [2.75, 3.05) is 5.73 Å². The van der Waals surface area contributed by atoms with Crippen LogP contribution in [0.15, 0.2) is 28.7 Å². The van der Waals surface area contributed by atoms with E-state index in [-0.39, 0.29) is 11.4 Å². The van der Waals surface area contributed by atoms with Gasteiger partial charge in [0.2, 0.25) is 5.88 Å². The summed E-state index contributed by atoms with van der Waals surface area (Å²) in [5, 5.41) is 9.58. The molecule has 0 bridgehead atoms. The molecule has 18 heavy (non-hydrogen) atoms. The van der Waals surface area contributed by atoms with Crippen molar-refractivity contribution in [1.29, 1.82) is 5.26 Å². The van der Waals surface area contributed by atoms with Crippen LogP contribution in [0.4, 0.5) is 5.88 Å². The van der Waals surface area contributed by atoms with E-state index in [0.717, 1.165) is 11.1 Å². The molecule has 0 amide bonds. The van der Waals surface area contributed by atoms with Crippen LogP contribution in [-0.2, 0) is 0 Å². The molecular formula is C13H9ClN2OS. The number of hydrogen-bond acceptors (Lipinski definition) is 4. The summed E-state index contributed by atoms with van der Waals surface area (Å²) >= 11 is 11.0. The minimum Gasteiger partial charge on any atom is -0.439 e. The Kier molecular flexibility index (Phi) is 3.37. The van der Waals surface area contributed by atoms with Gasteiger partial charge >= 0.3 is 0 Å². The number of benzene rings is 1. The van der Waals surface area contributed by atoms with Gasteiger partial charge < -0.3 is 10.2 Å². The van der Waals surface area contributed by atoms with Gasteiger partial charge in [-0.3, -0.25) is 0 Å². The van der Waals surface area contributed by atoms with Crippen LogP contribution < -0.4 is 5.73 Å². The molecule has 3 nitrogen and oxygen atoms in total. The number of halogens is 1. The Bertz CT molecular complexity index is 699. The fourth-order valence-corrected chi connectivity index (χ4v) is 1.99. The SMILES string of the molecule is Cc1c(-c2ccc(Cl)cc2)oc(N)c(C#N)c1=S. The van der Waals surface area contributed by atoms with Gasteiger partial charge in [-0.15, -0.1) is 0 Å². The van der Waals surface area contributed by atoms with E-state index in [2.05, 4.69) is 0 Å². The van der Waals surface area contributed by atoms with Gasteiger partial charge in [-0.25, -0.2) is 0 Å². The first-order chi connectivity index (χ1) is 8.54. The van der Waals surface area contributed by atoms with Crippen LogP contribution in [0.1, 0.15) is 11.1 Å². The maximum absolute atomic E-state index is 8.95. The molecule has 0 radical (unpaired) electrons. The smallest absolute Gasteiger partial charge is 0.210 e. The predicted molar refractivity (Wildman–Crippen MR) is 73.9 cm³/mol. The Balaban J connectivity index is 2.71. The summed E-state index contributed by atoms with van der Waals surface area (Å²) in [4.78, 5) is 0. The van der Waals surface area contributed by atoms with E-state index in [1.54, 1.807) is 19.1 Å². The lowest BCUT2D eigenvalue weighted by molar-refractivity contribution is 0.580. The fourth-order valence-electron chi connectivity index (χ4n) is 1.62. The normalized spacial score (nSPS) is 10.1. The van der Waals surface area contributed by atoms with Crippen LogP contribution in [0.5, 0.6) is 0 Å². The summed E-state index contributed by atoms with van der Waals surface area (Å²) in [6, 6.07) is 9.08. The van der Waals surface area contributed by atoms with Gasteiger partial charge in [-0.1, -0.05) is 23.8 Å². The van der Waals surface area contributed by atoms with Crippen LogP contribution in [-0.4, -0.2) is 0 Å². The molecule has 90 valence electrons. The van der Waals surface area contributed by atoms with Crippen LogP contribution in [0.25, 0.3) is 11.3 Å². The van der Waals surface area contributed by atoms with Crippen molar-refractivity contribution in [2.45, 2.75) is 6.92 Å². The Morgan fingerprint density at radius 3 is 2.50 bits per heavy atom. The third kappa shape index (κ3) is 2.10. The van der Waals surface area contributed by atoms with Crippen LogP contribution in [0, 0.1) is 22.8 Å². The predicted octanol–water partition coefficient (Wildman–Crippen LogP) is 4.09. The zero-order valence-corrected chi connectivity index (χ0v) is 11.1. The number of rotatable bonds is 1. The van der Waals surface area contributed by atoms with Gasteiger partial charge in [0.25, 0.3) is 0 Å². The molecule has 1 heterocycles. The summed E-state index contributed by atoms with van der Waals surface area (Å²) in [6.07, 6.45) is 0. The zero-order valence-electron chi connectivity index (χ0n) is 9.53. The molecule has 2 N–H and O–H groups in total. The minimum atomic E-state index is 0.0399. The fraction of sp³-hybridized carbons (Fsp3) is 0.0769. The molecular weight excluding hydrogens is 268 g/mol. The van der Waals surface area contributed by atoms with E-state index in [1.165, 1.54) is 0 Å². The van der Waals surface area contributed by atoms with Crippen molar-refractivity contribution < 1.29 is 4.42 Å². The number of hydrogen-bond donors (Lipinski definition) is 1. The third-order valence-electron chi connectivity index (χ3n) is 2.58. The van der Waals surface area contributed by atoms with Crippen LogP contribution >= 0.6 is 23.8 Å². The maximum Gasteiger partial charge on any atom is 0.210 e. The van der Waals surface area contributed by atoms with Crippen molar-refractivity contribution in [2.24, 2.45) is 0 Å². The van der Waals surface area contributed by atoms with E-state index >= 15 is 0 Å². The Morgan fingerprint density at radius 1 is 1.33 bits per heavy atom. The molecule has 0 fully saturated rings. The van der Waals surface area contributed by atoms with E-state index in [4.69, 9.17) is 39.2 Å². The molecule has 0 unspecified atom stereocenters. The molecule has 0 atom stereocenters. The molecule has 2 aromatic rings. The van der Waals surface area contributed by atoms with Gasteiger partial charge in [0.15, 0.2) is 0 Å². The number of nitrogen functional groups attached to an aromatic ring is 1. The highest BCUT2D eigenvalue weighted by atomic mass is 35.5. The first kappa shape index (κ1) is 12.6. The highest BCUT2D eigenvalue weighted by molar-refractivity contribution is 7.71. The number of nitrogens with two attached hydrogens (primary N) is 1. The number of nitriles is 1. The molecule has 0 saturated heterocycles. The second-order valence-corrected chi connectivity index (χ2v) is 4.59. The second-order valence-electron chi connectivity index (χ2n) is 3.74.